The molecule has 0 aromatic rings. The minimum atomic E-state index is -0.882. The van der Waals surface area contributed by atoms with Crippen molar-refractivity contribution < 1.29 is 14.6 Å². The molecule has 98 valence electrons. The van der Waals surface area contributed by atoms with E-state index in [-0.39, 0.29) is 12.3 Å². The highest BCUT2D eigenvalue weighted by Gasteiger charge is 2.26. The van der Waals surface area contributed by atoms with Crippen LogP contribution in [0.25, 0.3) is 0 Å². The maximum atomic E-state index is 11.6. The van der Waals surface area contributed by atoms with E-state index in [2.05, 4.69) is 5.32 Å². The van der Waals surface area contributed by atoms with Crippen molar-refractivity contribution in [1.82, 2.24) is 5.32 Å². The summed E-state index contributed by atoms with van der Waals surface area (Å²) in [5.41, 5.74) is -0.578. The Balaban J connectivity index is 4.46. The van der Waals surface area contributed by atoms with Crippen LogP contribution < -0.4 is 5.32 Å². The molecule has 0 spiro atoms. The van der Waals surface area contributed by atoms with Crippen molar-refractivity contribution in [3.8, 4) is 6.07 Å². The van der Waals surface area contributed by atoms with Gasteiger partial charge in [0.05, 0.1) is 24.6 Å². The Morgan fingerprint density at radius 3 is 2.35 bits per heavy atom. The molecule has 0 saturated carbocycles. The lowest BCUT2D eigenvalue weighted by atomic mass is 9.97. The topological polar surface area (TPSA) is 82.3 Å². The minimum absolute atomic E-state index is 0.0152. The molecule has 0 aromatic heterocycles. The summed E-state index contributed by atoms with van der Waals surface area (Å²) >= 11 is 0. The first kappa shape index (κ1) is 15.7. The molecule has 0 aliphatic carbocycles. The second-order valence-corrected chi connectivity index (χ2v) is 5.35. The van der Waals surface area contributed by atoms with Gasteiger partial charge in [0.15, 0.2) is 0 Å². The average molecular weight is 242 g/mol. The van der Waals surface area contributed by atoms with Crippen molar-refractivity contribution in [2.24, 2.45) is 5.92 Å². The van der Waals surface area contributed by atoms with Crippen molar-refractivity contribution >= 4 is 6.09 Å². The van der Waals surface area contributed by atoms with Gasteiger partial charge in [-0.1, -0.05) is 13.8 Å². The van der Waals surface area contributed by atoms with E-state index in [1.165, 1.54) is 0 Å². The quantitative estimate of drug-likeness (QED) is 0.787. The van der Waals surface area contributed by atoms with Crippen LogP contribution in [0, 0.1) is 17.2 Å². The molecule has 5 heteroatoms. The number of carbonyl (C=O) groups is 1. The summed E-state index contributed by atoms with van der Waals surface area (Å²) in [6.45, 7) is 9.03. The first-order valence-corrected chi connectivity index (χ1v) is 5.72. The fourth-order valence-corrected chi connectivity index (χ4v) is 1.37. The van der Waals surface area contributed by atoms with E-state index >= 15 is 0 Å². The Morgan fingerprint density at radius 1 is 1.47 bits per heavy atom. The lowest BCUT2D eigenvalue weighted by Gasteiger charge is -2.28. The zero-order valence-electron chi connectivity index (χ0n) is 11.2. The fourth-order valence-electron chi connectivity index (χ4n) is 1.37. The van der Waals surface area contributed by atoms with Gasteiger partial charge in [-0.2, -0.15) is 5.26 Å². The third-order valence-electron chi connectivity index (χ3n) is 2.12. The molecule has 2 N–H and O–H groups in total. The standard InChI is InChI=1S/C12H22N2O3/c1-8(2)10(9(15)6-7-13)14-11(16)17-12(3,4)5/h8-10,15H,6H2,1-5H3,(H,14,16). The van der Waals surface area contributed by atoms with E-state index in [0.29, 0.717) is 0 Å². The van der Waals surface area contributed by atoms with Gasteiger partial charge in [0.25, 0.3) is 0 Å². The fraction of sp³-hybridized carbons (Fsp3) is 0.833. The van der Waals surface area contributed by atoms with Gasteiger partial charge in [-0.15, -0.1) is 0 Å². The van der Waals surface area contributed by atoms with Crippen LogP contribution in [0.15, 0.2) is 0 Å². The summed E-state index contributed by atoms with van der Waals surface area (Å²) in [7, 11) is 0. The zero-order valence-corrected chi connectivity index (χ0v) is 11.2. The maximum Gasteiger partial charge on any atom is 0.407 e. The van der Waals surface area contributed by atoms with Crippen molar-refractivity contribution in [2.75, 3.05) is 0 Å². The largest absolute Gasteiger partial charge is 0.444 e. The molecule has 0 aliphatic heterocycles. The number of hydrogen-bond donors (Lipinski definition) is 2. The van der Waals surface area contributed by atoms with Gasteiger partial charge in [0.2, 0.25) is 0 Å². The van der Waals surface area contributed by atoms with E-state index in [9.17, 15) is 9.90 Å². The lowest BCUT2D eigenvalue weighted by Crippen LogP contribution is -2.48. The van der Waals surface area contributed by atoms with Crippen LogP contribution in [-0.2, 0) is 4.74 Å². The van der Waals surface area contributed by atoms with E-state index in [1.54, 1.807) is 20.8 Å². The molecule has 0 bridgehead atoms. The minimum Gasteiger partial charge on any atom is -0.444 e. The molecule has 0 rings (SSSR count). The molecule has 0 heterocycles. The molecule has 0 aromatic carbocycles. The summed E-state index contributed by atoms with van der Waals surface area (Å²) in [4.78, 5) is 11.6. The van der Waals surface area contributed by atoms with Crippen molar-refractivity contribution in [3.05, 3.63) is 0 Å². The Labute approximate surface area is 103 Å². The van der Waals surface area contributed by atoms with Gasteiger partial charge >= 0.3 is 6.09 Å². The van der Waals surface area contributed by atoms with E-state index in [0.717, 1.165) is 0 Å². The Kier molecular flexibility index (Phi) is 5.97. The SMILES string of the molecule is CC(C)C(NC(=O)OC(C)(C)C)C(O)CC#N. The summed E-state index contributed by atoms with van der Waals surface area (Å²) in [5, 5.41) is 20.9. The van der Waals surface area contributed by atoms with Crippen LogP contribution in [0.4, 0.5) is 4.79 Å². The van der Waals surface area contributed by atoms with Crippen molar-refractivity contribution in [3.63, 3.8) is 0 Å². The highest BCUT2D eigenvalue weighted by molar-refractivity contribution is 5.68. The zero-order chi connectivity index (χ0) is 13.6. The molecule has 0 fully saturated rings. The number of aliphatic hydroxyl groups excluding tert-OH is 1. The molecule has 1 amide bonds. The van der Waals surface area contributed by atoms with Crippen molar-refractivity contribution in [2.45, 2.75) is 58.8 Å². The average Bonchev–Trinajstić information content (AvgIpc) is 2.11. The molecule has 5 nitrogen and oxygen atoms in total. The second-order valence-electron chi connectivity index (χ2n) is 5.35. The number of carbonyl (C=O) groups excluding carboxylic acids is 1. The normalized spacial score (nSPS) is 14.9. The van der Waals surface area contributed by atoms with Crippen LogP contribution in [0.5, 0.6) is 0 Å². The first-order chi connectivity index (χ1) is 7.67. The Morgan fingerprint density at radius 2 is 2.00 bits per heavy atom. The number of amides is 1. The van der Waals surface area contributed by atoms with E-state index in [4.69, 9.17) is 10.00 Å². The highest BCUT2D eigenvalue weighted by atomic mass is 16.6. The van der Waals surface area contributed by atoms with E-state index in [1.807, 2.05) is 19.9 Å². The number of aliphatic hydroxyl groups is 1. The number of nitrogens with zero attached hydrogens (tertiary/aromatic N) is 1. The number of alkyl carbamates (subject to hydrolysis) is 1. The summed E-state index contributed by atoms with van der Waals surface area (Å²) < 4.78 is 5.10. The van der Waals surface area contributed by atoms with Gasteiger partial charge in [0, 0.05) is 0 Å². The second kappa shape index (κ2) is 6.45. The van der Waals surface area contributed by atoms with Crippen LogP contribution in [0.3, 0.4) is 0 Å². The number of hydrogen-bond acceptors (Lipinski definition) is 4. The number of rotatable bonds is 4. The third-order valence-corrected chi connectivity index (χ3v) is 2.12. The third kappa shape index (κ3) is 6.80. The van der Waals surface area contributed by atoms with Gasteiger partial charge in [0.1, 0.15) is 5.60 Å². The molecule has 2 atom stereocenters. The molecule has 17 heavy (non-hydrogen) atoms. The van der Waals surface area contributed by atoms with E-state index < -0.39 is 23.8 Å². The molecule has 0 saturated heterocycles. The highest BCUT2D eigenvalue weighted by Crippen LogP contribution is 2.12. The van der Waals surface area contributed by atoms with Gasteiger partial charge in [-0.25, -0.2) is 4.79 Å². The predicted octanol–water partition coefficient (Wildman–Crippen LogP) is 1.81. The summed E-state index contributed by atoms with van der Waals surface area (Å²) in [5.74, 6) is 0.0193. The lowest BCUT2D eigenvalue weighted by molar-refractivity contribution is 0.0381. The smallest absolute Gasteiger partial charge is 0.407 e. The number of nitriles is 1. The van der Waals surface area contributed by atoms with Crippen LogP contribution in [-0.4, -0.2) is 28.9 Å². The number of nitrogens with one attached hydrogen (secondary N) is 1. The molecule has 2 unspecified atom stereocenters. The summed E-state index contributed by atoms with van der Waals surface area (Å²) in [6, 6.07) is 1.40. The molecular weight excluding hydrogens is 220 g/mol. The van der Waals surface area contributed by atoms with Crippen LogP contribution in [0.2, 0.25) is 0 Å². The molecular formula is C12H22N2O3. The Hall–Kier alpha value is -1.28. The van der Waals surface area contributed by atoms with Crippen molar-refractivity contribution in [1.29, 1.82) is 5.26 Å². The monoisotopic (exact) mass is 242 g/mol. The predicted molar refractivity (Wildman–Crippen MR) is 64.2 cm³/mol. The van der Waals surface area contributed by atoms with Crippen LogP contribution >= 0.6 is 0 Å². The first-order valence-electron chi connectivity index (χ1n) is 5.72. The van der Waals surface area contributed by atoms with Gasteiger partial charge < -0.3 is 15.2 Å². The summed E-state index contributed by atoms with van der Waals surface area (Å²) in [6.07, 6.45) is -1.47. The van der Waals surface area contributed by atoms with Crippen LogP contribution in [0.1, 0.15) is 41.0 Å². The number of ether oxygens (including phenoxy) is 1. The maximum absolute atomic E-state index is 11.6. The van der Waals surface area contributed by atoms with Gasteiger partial charge in [-0.3, -0.25) is 0 Å². The molecule has 0 radical (unpaired) electrons. The molecule has 0 aliphatic rings. The Bertz CT molecular complexity index is 289. The van der Waals surface area contributed by atoms with Gasteiger partial charge in [-0.05, 0) is 26.7 Å².